The van der Waals surface area contributed by atoms with Gasteiger partial charge in [0.1, 0.15) is 0 Å². The van der Waals surface area contributed by atoms with Crippen LogP contribution in [0, 0.1) is 0 Å². The van der Waals surface area contributed by atoms with E-state index in [4.69, 9.17) is 15.2 Å². The van der Waals surface area contributed by atoms with Crippen LogP contribution < -0.4 is 11.1 Å². The van der Waals surface area contributed by atoms with Gasteiger partial charge in [0, 0.05) is 22.5 Å². The Morgan fingerprint density at radius 3 is 2.91 bits per heavy atom. The fourth-order valence-electron chi connectivity index (χ4n) is 1.75. The monoisotopic (exact) mass is 399 g/mol. The SMILES string of the molecule is COCC(OC(N)=O)C(=O)Nc1nc(-c2cccc(Br)c2)cs1. The molecule has 23 heavy (non-hydrogen) atoms. The third-order valence-electron chi connectivity index (χ3n) is 2.72. The molecule has 1 aromatic carbocycles. The zero-order valence-electron chi connectivity index (χ0n) is 12.1. The number of primary amides is 1. The first-order valence-corrected chi connectivity index (χ1v) is 8.14. The molecule has 1 unspecified atom stereocenters. The second kappa shape index (κ2) is 8.04. The van der Waals surface area contributed by atoms with Crippen molar-refractivity contribution in [3.8, 4) is 11.3 Å². The average Bonchev–Trinajstić information content (AvgIpc) is 2.95. The quantitative estimate of drug-likeness (QED) is 0.776. The molecule has 0 aliphatic carbocycles. The van der Waals surface area contributed by atoms with Crippen LogP contribution >= 0.6 is 27.3 Å². The van der Waals surface area contributed by atoms with Gasteiger partial charge in [0.05, 0.1) is 12.3 Å². The molecule has 122 valence electrons. The van der Waals surface area contributed by atoms with Gasteiger partial charge in [0.2, 0.25) is 6.10 Å². The standard InChI is InChI=1S/C14H14BrN3O4S/c1-21-6-11(22-13(16)20)12(19)18-14-17-10(7-23-14)8-3-2-4-9(15)5-8/h2-5,7,11H,6H2,1H3,(H2,16,20)(H,17,18,19). The van der Waals surface area contributed by atoms with Gasteiger partial charge in [-0.05, 0) is 12.1 Å². The Morgan fingerprint density at radius 1 is 1.48 bits per heavy atom. The smallest absolute Gasteiger partial charge is 0.405 e. The van der Waals surface area contributed by atoms with Crippen LogP contribution in [0.15, 0.2) is 34.1 Å². The minimum absolute atomic E-state index is 0.0986. The maximum absolute atomic E-state index is 12.1. The fourth-order valence-corrected chi connectivity index (χ4v) is 2.87. The van der Waals surface area contributed by atoms with E-state index in [1.165, 1.54) is 18.4 Å². The molecule has 2 amide bonds. The van der Waals surface area contributed by atoms with Crippen molar-refractivity contribution in [2.24, 2.45) is 5.73 Å². The van der Waals surface area contributed by atoms with Crippen molar-refractivity contribution in [3.05, 3.63) is 34.1 Å². The predicted octanol–water partition coefficient (Wildman–Crippen LogP) is 2.62. The minimum atomic E-state index is -1.13. The minimum Gasteiger partial charge on any atom is -0.434 e. The van der Waals surface area contributed by atoms with E-state index >= 15 is 0 Å². The maximum atomic E-state index is 12.1. The molecule has 1 atom stereocenters. The normalized spacial score (nSPS) is 11.7. The van der Waals surface area contributed by atoms with Crippen molar-refractivity contribution in [3.63, 3.8) is 0 Å². The molecule has 0 spiro atoms. The summed E-state index contributed by atoms with van der Waals surface area (Å²) in [5, 5.41) is 4.79. The largest absolute Gasteiger partial charge is 0.434 e. The highest BCUT2D eigenvalue weighted by atomic mass is 79.9. The Labute approximate surface area is 144 Å². The summed E-state index contributed by atoms with van der Waals surface area (Å²) >= 11 is 4.66. The van der Waals surface area contributed by atoms with E-state index in [9.17, 15) is 9.59 Å². The predicted molar refractivity (Wildman–Crippen MR) is 90.2 cm³/mol. The number of thiazole rings is 1. The van der Waals surface area contributed by atoms with Crippen LogP contribution in [-0.4, -0.2) is 36.8 Å². The zero-order chi connectivity index (χ0) is 16.8. The van der Waals surface area contributed by atoms with Crippen LogP contribution in [-0.2, 0) is 14.3 Å². The lowest BCUT2D eigenvalue weighted by Crippen LogP contribution is -2.37. The number of amides is 2. The molecule has 0 radical (unpaired) electrons. The number of halogens is 1. The van der Waals surface area contributed by atoms with E-state index in [0.717, 1.165) is 15.7 Å². The number of carbonyl (C=O) groups excluding carboxylic acids is 2. The van der Waals surface area contributed by atoms with Gasteiger partial charge in [0.25, 0.3) is 5.91 Å². The van der Waals surface area contributed by atoms with Crippen LogP contribution in [0.1, 0.15) is 0 Å². The second-order valence-electron chi connectivity index (χ2n) is 4.42. The summed E-state index contributed by atoms with van der Waals surface area (Å²) in [6, 6.07) is 7.64. The van der Waals surface area contributed by atoms with Gasteiger partial charge < -0.3 is 15.2 Å². The molecule has 0 saturated carbocycles. The molecule has 3 N–H and O–H groups in total. The first-order chi connectivity index (χ1) is 11.0. The number of hydrogen-bond acceptors (Lipinski definition) is 6. The third-order valence-corrected chi connectivity index (χ3v) is 3.97. The molecule has 1 heterocycles. The number of ether oxygens (including phenoxy) is 2. The molecule has 0 aliphatic heterocycles. The summed E-state index contributed by atoms with van der Waals surface area (Å²) in [4.78, 5) is 27.2. The van der Waals surface area contributed by atoms with Crippen molar-refractivity contribution in [1.82, 2.24) is 4.98 Å². The third kappa shape index (κ3) is 5.02. The fraction of sp³-hybridized carbons (Fsp3) is 0.214. The van der Waals surface area contributed by atoms with Gasteiger partial charge in [-0.15, -0.1) is 11.3 Å². The van der Waals surface area contributed by atoms with Gasteiger partial charge in [0.15, 0.2) is 5.13 Å². The summed E-state index contributed by atoms with van der Waals surface area (Å²) < 4.78 is 10.5. The van der Waals surface area contributed by atoms with Crippen LogP contribution in [0.2, 0.25) is 0 Å². The van der Waals surface area contributed by atoms with E-state index in [1.54, 1.807) is 0 Å². The molecule has 2 aromatic rings. The molecule has 0 saturated heterocycles. The Bertz CT molecular complexity index is 707. The van der Waals surface area contributed by atoms with Gasteiger partial charge in [-0.2, -0.15) is 0 Å². The average molecular weight is 400 g/mol. The number of rotatable bonds is 6. The first-order valence-electron chi connectivity index (χ1n) is 6.47. The molecule has 0 bridgehead atoms. The van der Waals surface area contributed by atoms with E-state index in [2.05, 4.69) is 26.2 Å². The molecule has 2 rings (SSSR count). The summed E-state index contributed by atoms with van der Waals surface area (Å²) in [5.41, 5.74) is 6.58. The Balaban J connectivity index is 2.08. The number of methoxy groups -OCH3 is 1. The molecule has 0 aliphatic rings. The zero-order valence-corrected chi connectivity index (χ0v) is 14.5. The number of nitrogens with one attached hydrogen (secondary N) is 1. The highest BCUT2D eigenvalue weighted by Gasteiger charge is 2.23. The van der Waals surface area contributed by atoms with E-state index in [0.29, 0.717) is 5.13 Å². The number of nitrogens with zero attached hydrogens (tertiary/aromatic N) is 1. The lowest BCUT2D eigenvalue weighted by molar-refractivity contribution is -0.126. The van der Waals surface area contributed by atoms with Gasteiger partial charge >= 0.3 is 6.09 Å². The highest BCUT2D eigenvalue weighted by molar-refractivity contribution is 9.10. The summed E-state index contributed by atoms with van der Waals surface area (Å²) in [6.45, 7) is -0.0986. The highest BCUT2D eigenvalue weighted by Crippen LogP contribution is 2.27. The number of nitrogens with two attached hydrogens (primary N) is 1. The van der Waals surface area contributed by atoms with Crippen molar-refractivity contribution in [2.45, 2.75) is 6.10 Å². The molecule has 1 aromatic heterocycles. The summed E-state index contributed by atoms with van der Waals surface area (Å²) in [7, 11) is 1.39. The van der Waals surface area contributed by atoms with Crippen molar-refractivity contribution in [1.29, 1.82) is 0 Å². The van der Waals surface area contributed by atoms with Crippen LogP contribution in [0.3, 0.4) is 0 Å². The Hall–Kier alpha value is -1.97. The number of hydrogen-bond donors (Lipinski definition) is 2. The summed E-state index contributed by atoms with van der Waals surface area (Å²) in [5.74, 6) is -0.555. The van der Waals surface area contributed by atoms with Crippen LogP contribution in [0.25, 0.3) is 11.3 Å². The molecule has 9 heteroatoms. The number of benzene rings is 1. The molecular weight excluding hydrogens is 386 g/mol. The van der Waals surface area contributed by atoms with Crippen molar-refractivity contribution in [2.75, 3.05) is 19.0 Å². The van der Waals surface area contributed by atoms with Crippen molar-refractivity contribution >= 4 is 44.4 Å². The molecule has 7 nitrogen and oxygen atoms in total. The second-order valence-corrected chi connectivity index (χ2v) is 6.19. The summed E-state index contributed by atoms with van der Waals surface area (Å²) in [6.07, 6.45) is -2.17. The Kier molecular flexibility index (Phi) is 6.08. The maximum Gasteiger partial charge on any atom is 0.405 e. The van der Waals surface area contributed by atoms with Gasteiger partial charge in [-0.1, -0.05) is 28.1 Å². The van der Waals surface area contributed by atoms with E-state index < -0.39 is 18.1 Å². The van der Waals surface area contributed by atoms with Gasteiger partial charge in [-0.25, -0.2) is 9.78 Å². The van der Waals surface area contributed by atoms with Crippen LogP contribution in [0.5, 0.6) is 0 Å². The van der Waals surface area contributed by atoms with Gasteiger partial charge in [-0.3, -0.25) is 10.1 Å². The van der Waals surface area contributed by atoms with E-state index in [-0.39, 0.29) is 6.61 Å². The Morgan fingerprint density at radius 2 is 2.26 bits per heavy atom. The number of anilines is 1. The number of aromatic nitrogens is 1. The van der Waals surface area contributed by atoms with Crippen molar-refractivity contribution < 1.29 is 19.1 Å². The molecule has 0 fully saturated rings. The van der Waals surface area contributed by atoms with Crippen LogP contribution in [0.4, 0.5) is 9.93 Å². The number of carbonyl (C=O) groups is 2. The lowest BCUT2D eigenvalue weighted by atomic mass is 10.2. The first kappa shape index (κ1) is 17.4. The van der Waals surface area contributed by atoms with E-state index in [1.807, 2.05) is 29.6 Å². The topological polar surface area (TPSA) is 104 Å². The lowest BCUT2D eigenvalue weighted by Gasteiger charge is -2.14. The molecular formula is C14H14BrN3O4S.